The highest BCUT2D eigenvalue weighted by Crippen LogP contribution is 2.11. The van der Waals surface area contributed by atoms with Crippen molar-refractivity contribution in [3.05, 3.63) is 78.4 Å². The highest BCUT2D eigenvalue weighted by molar-refractivity contribution is 14.0. The molecule has 0 saturated heterocycles. The molecule has 0 unspecified atom stereocenters. The number of nitrogens with one attached hydrogen (secondary N) is 2. The number of aromatic nitrogens is 3. The van der Waals surface area contributed by atoms with Gasteiger partial charge in [0.15, 0.2) is 5.96 Å². The minimum Gasteiger partial charge on any atom is -0.357 e. The SMILES string of the molecule is CCNC(=NCc1ccccc1Cn1cccn1)NCCn1cccc1.I. The van der Waals surface area contributed by atoms with Crippen molar-refractivity contribution in [1.29, 1.82) is 0 Å². The van der Waals surface area contributed by atoms with Gasteiger partial charge in [-0.25, -0.2) is 4.99 Å². The van der Waals surface area contributed by atoms with E-state index in [4.69, 9.17) is 4.99 Å². The second-order valence-corrected chi connectivity index (χ2v) is 6.02. The van der Waals surface area contributed by atoms with Gasteiger partial charge in [0.05, 0.1) is 13.1 Å². The summed E-state index contributed by atoms with van der Waals surface area (Å²) in [7, 11) is 0. The fraction of sp³-hybridized carbons (Fsp3) is 0.300. The molecule has 2 N–H and O–H groups in total. The maximum absolute atomic E-state index is 4.75. The molecule has 0 aliphatic rings. The van der Waals surface area contributed by atoms with E-state index in [2.05, 4.69) is 63.9 Å². The predicted molar refractivity (Wildman–Crippen MR) is 120 cm³/mol. The molecule has 27 heavy (non-hydrogen) atoms. The van der Waals surface area contributed by atoms with Gasteiger partial charge in [-0.15, -0.1) is 24.0 Å². The van der Waals surface area contributed by atoms with E-state index in [9.17, 15) is 0 Å². The first kappa shape index (κ1) is 21.0. The molecule has 3 aromatic rings. The van der Waals surface area contributed by atoms with Gasteiger partial charge in [0, 0.05) is 44.4 Å². The van der Waals surface area contributed by atoms with Crippen LogP contribution in [0.4, 0.5) is 0 Å². The first-order valence-electron chi connectivity index (χ1n) is 9.02. The van der Waals surface area contributed by atoms with E-state index in [1.54, 1.807) is 6.20 Å². The molecule has 0 amide bonds. The molecule has 0 fully saturated rings. The standard InChI is InChI=1S/C20H26N6.HI/c1-2-21-20(22-11-15-25-12-5-6-13-25)23-16-18-8-3-4-9-19(18)17-26-14-7-10-24-26;/h3-10,12-14H,2,11,15-17H2,1H3,(H2,21,22,23);1H. The lowest BCUT2D eigenvalue weighted by Crippen LogP contribution is -2.38. The summed E-state index contributed by atoms with van der Waals surface area (Å²) in [6, 6.07) is 14.4. The Kier molecular flexibility index (Phi) is 8.90. The van der Waals surface area contributed by atoms with Gasteiger partial charge in [-0.3, -0.25) is 4.68 Å². The van der Waals surface area contributed by atoms with Crippen LogP contribution in [0.25, 0.3) is 0 Å². The van der Waals surface area contributed by atoms with Gasteiger partial charge < -0.3 is 15.2 Å². The van der Waals surface area contributed by atoms with E-state index in [0.29, 0.717) is 6.54 Å². The third-order valence-electron chi connectivity index (χ3n) is 4.09. The summed E-state index contributed by atoms with van der Waals surface area (Å²) in [6.07, 6.45) is 7.92. The zero-order valence-electron chi connectivity index (χ0n) is 15.6. The Balaban J connectivity index is 0.00000261. The summed E-state index contributed by atoms with van der Waals surface area (Å²) >= 11 is 0. The molecule has 0 aliphatic carbocycles. The van der Waals surface area contributed by atoms with Crippen molar-refractivity contribution in [2.45, 2.75) is 26.6 Å². The second-order valence-electron chi connectivity index (χ2n) is 6.02. The summed E-state index contributed by atoms with van der Waals surface area (Å²) in [5.74, 6) is 0.841. The van der Waals surface area contributed by atoms with Gasteiger partial charge in [0.1, 0.15) is 0 Å². The van der Waals surface area contributed by atoms with E-state index >= 15 is 0 Å². The minimum atomic E-state index is 0. The van der Waals surface area contributed by atoms with Gasteiger partial charge in [-0.2, -0.15) is 5.10 Å². The molecule has 0 aliphatic heterocycles. The lowest BCUT2D eigenvalue weighted by molar-refractivity contribution is 0.664. The number of nitrogens with zero attached hydrogens (tertiary/aromatic N) is 4. The summed E-state index contributed by atoms with van der Waals surface area (Å²) in [5.41, 5.74) is 2.45. The van der Waals surface area contributed by atoms with Crippen LogP contribution in [0.3, 0.4) is 0 Å². The summed E-state index contributed by atoms with van der Waals surface area (Å²) in [4.78, 5) is 4.75. The molecule has 144 valence electrons. The third-order valence-corrected chi connectivity index (χ3v) is 4.09. The molecule has 0 radical (unpaired) electrons. The Morgan fingerprint density at radius 2 is 1.78 bits per heavy atom. The predicted octanol–water partition coefficient (Wildman–Crippen LogP) is 3.11. The maximum atomic E-state index is 4.75. The quantitative estimate of drug-likeness (QED) is 0.297. The Bertz CT molecular complexity index is 796. The van der Waals surface area contributed by atoms with Crippen LogP contribution in [0.15, 0.2) is 72.2 Å². The minimum absolute atomic E-state index is 0. The number of guanidine groups is 1. The average molecular weight is 478 g/mol. The van der Waals surface area contributed by atoms with Crippen LogP contribution in [0.5, 0.6) is 0 Å². The maximum Gasteiger partial charge on any atom is 0.191 e. The van der Waals surface area contributed by atoms with E-state index in [1.807, 2.05) is 29.1 Å². The van der Waals surface area contributed by atoms with Crippen molar-refractivity contribution in [2.75, 3.05) is 13.1 Å². The molecule has 2 heterocycles. The monoisotopic (exact) mass is 478 g/mol. The molecule has 0 saturated carbocycles. The smallest absolute Gasteiger partial charge is 0.191 e. The third kappa shape index (κ3) is 6.74. The van der Waals surface area contributed by atoms with Crippen LogP contribution < -0.4 is 10.6 Å². The van der Waals surface area contributed by atoms with Crippen molar-refractivity contribution >= 4 is 29.9 Å². The van der Waals surface area contributed by atoms with Crippen LogP contribution >= 0.6 is 24.0 Å². The van der Waals surface area contributed by atoms with Crippen LogP contribution in [0, 0.1) is 0 Å². The van der Waals surface area contributed by atoms with Crippen LogP contribution in [0.1, 0.15) is 18.1 Å². The highest BCUT2D eigenvalue weighted by atomic mass is 127. The normalized spacial score (nSPS) is 11.1. The van der Waals surface area contributed by atoms with Crippen molar-refractivity contribution in [1.82, 2.24) is 25.0 Å². The fourth-order valence-corrected chi connectivity index (χ4v) is 2.76. The number of aliphatic imine (C=N–C) groups is 1. The number of rotatable bonds is 8. The summed E-state index contributed by atoms with van der Waals surface area (Å²) in [6.45, 7) is 6.05. The topological polar surface area (TPSA) is 59.2 Å². The number of halogens is 1. The van der Waals surface area contributed by atoms with Crippen LogP contribution in [0.2, 0.25) is 0 Å². The second kappa shape index (κ2) is 11.4. The molecular weight excluding hydrogens is 451 g/mol. The first-order valence-corrected chi connectivity index (χ1v) is 9.02. The molecule has 1 aromatic carbocycles. The van der Waals surface area contributed by atoms with E-state index in [1.165, 1.54) is 11.1 Å². The lowest BCUT2D eigenvalue weighted by atomic mass is 10.1. The van der Waals surface area contributed by atoms with Gasteiger partial charge in [-0.05, 0) is 36.2 Å². The van der Waals surface area contributed by atoms with E-state index in [-0.39, 0.29) is 24.0 Å². The van der Waals surface area contributed by atoms with Gasteiger partial charge >= 0.3 is 0 Å². The molecular formula is C20H27IN6. The molecule has 0 bridgehead atoms. The average Bonchev–Trinajstić information content (AvgIpc) is 3.35. The Labute approximate surface area is 177 Å². The fourth-order valence-electron chi connectivity index (χ4n) is 2.76. The van der Waals surface area contributed by atoms with E-state index in [0.717, 1.165) is 32.1 Å². The Morgan fingerprint density at radius 3 is 2.48 bits per heavy atom. The zero-order chi connectivity index (χ0) is 18.0. The van der Waals surface area contributed by atoms with Crippen LogP contribution in [-0.4, -0.2) is 33.4 Å². The molecule has 0 atom stereocenters. The molecule has 6 nitrogen and oxygen atoms in total. The largest absolute Gasteiger partial charge is 0.357 e. The number of benzene rings is 1. The summed E-state index contributed by atoms with van der Waals surface area (Å²) < 4.78 is 4.08. The first-order chi connectivity index (χ1) is 12.8. The molecule has 0 spiro atoms. The lowest BCUT2D eigenvalue weighted by Gasteiger charge is -2.13. The van der Waals surface area contributed by atoms with E-state index < -0.39 is 0 Å². The number of hydrogen-bond donors (Lipinski definition) is 2. The molecule has 7 heteroatoms. The van der Waals surface area contributed by atoms with Gasteiger partial charge in [0.2, 0.25) is 0 Å². The summed E-state index contributed by atoms with van der Waals surface area (Å²) in [5, 5.41) is 11.0. The van der Waals surface area contributed by atoms with Crippen molar-refractivity contribution in [3.8, 4) is 0 Å². The van der Waals surface area contributed by atoms with Crippen LogP contribution in [-0.2, 0) is 19.6 Å². The Hall–Kier alpha value is -2.29. The van der Waals surface area contributed by atoms with Crippen molar-refractivity contribution in [2.24, 2.45) is 4.99 Å². The van der Waals surface area contributed by atoms with Crippen molar-refractivity contribution in [3.63, 3.8) is 0 Å². The molecule has 2 aromatic heterocycles. The Morgan fingerprint density at radius 1 is 1.00 bits per heavy atom. The molecule has 3 rings (SSSR count). The number of hydrogen-bond acceptors (Lipinski definition) is 2. The van der Waals surface area contributed by atoms with Gasteiger partial charge in [-0.1, -0.05) is 24.3 Å². The highest BCUT2D eigenvalue weighted by Gasteiger charge is 2.04. The van der Waals surface area contributed by atoms with Gasteiger partial charge in [0.25, 0.3) is 0 Å². The van der Waals surface area contributed by atoms with Crippen molar-refractivity contribution < 1.29 is 0 Å². The zero-order valence-corrected chi connectivity index (χ0v) is 17.9.